The molecule has 0 amide bonds. The van der Waals surface area contributed by atoms with Gasteiger partial charge in [0.25, 0.3) is 0 Å². The normalized spacial score (nSPS) is 10.6. The monoisotopic (exact) mass is 373 g/mol. The zero-order valence-electron chi connectivity index (χ0n) is 15.6. The van der Waals surface area contributed by atoms with Crippen molar-refractivity contribution < 1.29 is 17.0 Å². The molecule has 136 valence electrons. The molecule has 0 bridgehead atoms. The summed E-state index contributed by atoms with van der Waals surface area (Å²) < 4.78 is 2.50. The molecule has 3 aromatic carbocycles. The minimum atomic E-state index is 0. The number of benzene rings is 3. The molecular formula is C25H24ClN. The van der Waals surface area contributed by atoms with Gasteiger partial charge in [0.05, 0.1) is 6.42 Å². The van der Waals surface area contributed by atoms with Gasteiger partial charge in [0.15, 0.2) is 12.2 Å². The van der Waals surface area contributed by atoms with Gasteiger partial charge in [0, 0.05) is 23.9 Å². The maximum Gasteiger partial charge on any atom is 0.212 e. The molecule has 0 fully saturated rings. The second-order valence-electron chi connectivity index (χ2n) is 6.89. The number of halogens is 1. The van der Waals surface area contributed by atoms with Crippen LogP contribution in [0.4, 0.5) is 0 Å². The summed E-state index contributed by atoms with van der Waals surface area (Å²) >= 11 is 0. The Kier molecular flexibility index (Phi) is 6.26. The first-order valence-corrected chi connectivity index (χ1v) is 9.30. The van der Waals surface area contributed by atoms with Gasteiger partial charge in [0.1, 0.15) is 0 Å². The van der Waals surface area contributed by atoms with Crippen LogP contribution in [0.3, 0.4) is 0 Å². The highest BCUT2D eigenvalue weighted by molar-refractivity contribution is 5.79. The van der Waals surface area contributed by atoms with Crippen molar-refractivity contribution in [1.29, 1.82) is 0 Å². The average molecular weight is 374 g/mol. The van der Waals surface area contributed by atoms with Crippen molar-refractivity contribution in [3.63, 3.8) is 0 Å². The van der Waals surface area contributed by atoms with Crippen LogP contribution in [0.5, 0.6) is 0 Å². The predicted octanol–water partition coefficient (Wildman–Crippen LogP) is 2.27. The number of aryl methyl sites for hydroxylation is 3. The zero-order chi connectivity index (χ0) is 17.8. The van der Waals surface area contributed by atoms with Gasteiger partial charge in [-0.2, -0.15) is 4.57 Å². The van der Waals surface area contributed by atoms with E-state index in [2.05, 4.69) is 102 Å². The van der Waals surface area contributed by atoms with Crippen molar-refractivity contribution in [2.75, 3.05) is 0 Å². The summed E-state index contributed by atoms with van der Waals surface area (Å²) in [4.78, 5) is 0. The second kappa shape index (κ2) is 8.83. The number of para-hydroxylation sites is 1. The SMILES string of the molecule is Cc1cc(Cc2ccccc2)[n+](CCc2ccccc2)c2ccccc12.[Cl-]. The highest BCUT2D eigenvalue weighted by Crippen LogP contribution is 2.18. The minimum Gasteiger partial charge on any atom is -1.00 e. The molecule has 1 nitrogen and oxygen atoms in total. The van der Waals surface area contributed by atoms with E-state index >= 15 is 0 Å². The first kappa shape index (κ1) is 19.1. The lowest BCUT2D eigenvalue weighted by Gasteiger charge is -2.10. The van der Waals surface area contributed by atoms with Gasteiger partial charge < -0.3 is 12.4 Å². The molecule has 0 radical (unpaired) electrons. The molecule has 27 heavy (non-hydrogen) atoms. The van der Waals surface area contributed by atoms with Crippen LogP contribution in [0.25, 0.3) is 10.9 Å². The van der Waals surface area contributed by atoms with E-state index in [1.165, 1.54) is 33.3 Å². The summed E-state index contributed by atoms with van der Waals surface area (Å²) in [6.07, 6.45) is 2.00. The second-order valence-corrected chi connectivity index (χ2v) is 6.89. The quantitative estimate of drug-likeness (QED) is 0.472. The number of hydrogen-bond acceptors (Lipinski definition) is 0. The lowest BCUT2D eigenvalue weighted by atomic mass is 10.0. The molecule has 2 heteroatoms. The predicted molar refractivity (Wildman–Crippen MR) is 108 cm³/mol. The number of aromatic nitrogens is 1. The highest BCUT2D eigenvalue weighted by Gasteiger charge is 2.18. The van der Waals surface area contributed by atoms with Crippen molar-refractivity contribution in [1.82, 2.24) is 0 Å². The van der Waals surface area contributed by atoms with Crippen LogP contribution < -0.4 is 17.0 Å². The molecule has 0 aliphatic rings. The lowest BCUT2D eigenvalue weighted by Crippen LogP contribution is -3.00. The van der Waals surface area contributed by atoms with Crippen LogP contribution in [0, 0.1) is 6.92 Å². The summed E-state index contributed by atoms with van der Waals surface area (Å²) in [5.74, 6) is 0. The summed E-state index contributed by atoms with van der Waals surface area (Å²) in [5.41, 5.74) is 6.80. The largest absolute Gasteiger partial charge is 1.00 e. The molecule has 0 saturated carbocycles. The number of fused-ring (bicyclic) bond motifs is 1. The van der Waals surface area contributed by atoms with E-state index < -0.39 is 0 Å². The van der Waals surface area contributed by atoms with E-state index in [1.807, 2.05) is 0 Å². The van der Waals surface area contributed by atoms with Crippen molar-refractivity contribution in [3.8, 4) is 0 Å². The van der Waals surface area contributed by atoms with E-state index in [1.54, 1.807) is 0 Å². The van der Waals surface area contributed by atoms with Crippen LogP contribution in [0.1, 0.15) is 22.4 Å². The van der Waals surface area contributed by atoms with Crippen LogP contribution in [-0.2, 0) is 19.4 Å². The fourth-order valence-electron chi connectivity index (χ4n) is 3.70. The van der Waals surface area contributed by atoms with Crippen molar-refractivity contribution >= 4 is 10.9 Å². The summed E-state index contributed by atoms with van der Waals surface area (Å²) in [6, 6.07) is 32.6. The molecule has 0 atom stereocenters. The van der Waals surface area contributed by atoms with E-state index in [9.17, 15) is 0 Å². The minimum absolute atomic E-state index is 0. The number of nitrogens with zero attached hydrogens (tertiary/aromatic N) is 1. The Hall–Kier alpha value is -2.64. The molecular weight excluding hydrogens is 350 g/mol. The Morgan fingerprint density at radius 3 is 2.00 bits per heavy atom. The van der Waals surface area contributed by atoms with Gasteiger partial charge in [-0.15, -0.1) is 0 Å². The molecule has 1 aromatic heterocycles. The Bertz CT molecular complexity index is 1010. The average Bonchev–Trinajstić information content (AvgIpc) is 2.69. The van der Waals surface area contributed by atoms with E-state index in [-0.39, 0.29) is 12.4 Å². The smallest absolute Gasteiger partial charge is 0.212 e. The standard InChI is InChI=1S/C25H24N.ClH/c1-20-18-23(19-22-12-6-3-7-13-22)26(25-15-9-8-14-24(20)25)17-16-21-10-4-2-5-11-21;/h2-15,18H,16-17,19H2,1H3;1H/q+1;/p-1. The topological polar surface area (TPSA) is 3.88 Å². The summed E-state index contributed by atoms with van der Waals surface area (Å²) in [5, 5.41) is 1.34. The van der Waals surface area contributed by atoms with Crippen LogP contribution in [0.2, 0.25) is 0 Å². The lowest BCUT2D eigenvalue weighted by molar-refractivity contribution is -0.678. The fourth-order valence-corrected chi connectivity index (χ4v) is 3.70. The first-order valence-electron chi connectivity index (χ1n) is 9.30. The van der Waals surface area contributed by atoms with Gasteiger partial charge >= 0.3 is 0 Å². The summed E-state index contributed by atoms with van der Waals surface area (Å²) in [7, 11) is 0. The molecule has 0 saturated heterocycles. The Morgan fingerprint density at radius 2 is 1.30 bits per heavy atom. The molecule has 4 rings (SSSR count). The zero-order valence-corrected chi connectivity index (χ0v) is 16.4. The maximum absolute atomic E-state index is 2.50. The van der Waals surface area contributed by atoms with Crippen molar-refractivity contribution in [3.05, 3.63) is 113 Å². The van der Waals surface area contributed by atoms with Crippen molar-refractivity contribution in [2.24, 2.45) is 0 Å². The number of rotatable bonds is 5. The Balaban J connectivity index is 0.00000210. The van der Waals surface area contributed by atoms with Gasteiger partial charge in [-0.1, -0.05) is 72.8 Å². The van der Waals surface area contributed by atoms with Crippen molar-refractivity contribution in [2.45, 2.75) is 26.3 Å². The van der Waals surface area contributed by atoms with Crippen LogP contribution in [0.15, 0.2) is 91.0 Å². The Morgan fingerprint density at radius 1 is 0.704 bits per heavy atom. The molecule has 0 unspecified atom stereocenters. The van der Waals surface area contributed by atoms with Gasteiger partial charge in [-0.25, -0.2) is 0 Å². The molecule has 0 N–H and O–H groups in total. The number of hydrogen-bond donors (Lipinski definition) is 0. The highest BCUT2D eigenvalue weighted by atomic mass is 35.5. The number of pyridine rings is 1. The van der Waals surface area contributed by atoms with E-state index in [0.717, 1.165) is 19.4 Å². The third kappa shape index (κ3) is 4.37. The Labute approximate surface area is 167 Å². The molecule has 0 spiro atoms. The first-order chi connectivity index (χ1) is 12.8. The third-order valence-electron chi connectivity index (χ3n) is 5.04. The maximum atomic E-state index is 2.50. The van der Waals surface area contributed by atoms with Crippen LogP contribution >= 0.6 is 0 Å². The third-order valence-corrected chi connectivity index (χ3v) is 5.04. The molecule has 1 heterocycles. The van der Waals surface area contributed by atoms with Crippen LogP contribution in [-0.4, -0.2) is 0 Å². The van der Waals surface area contributed by atoms with Gasteiger partial charge in [0.2, 0.25) is 5.52 Å². The molecule has 0 aliphatic carbocycles. The summed E-state index contributed by atoms with van der Waals surface area (Å²) in [6.45, 7) is 3.21. The van der Waals surface area contributed by atoms with E-state index in [0.29, 0.717) is 0 Å². The van der Waals surface area contributed by atoms with Gasteiger partial charge in [-0.3, -0.25) is 0 Å². The van der Waals surface area contributed by atoms with Gasteiger partial charge in [-0.05, 0) is 29.7 Å². The molecule has 0 aliphatic heterocycles. The fraction of sp³-hybridized carbons (Fsp3) is 0.160. The molecule has 4 aromatic rings. The van der Waals surface area contributed by atoms with E-state index in [4.69, 9.17) is 0 Å².